The summed E-state index contributed by atoms with van der Waals surface area (Å²) in [4.78, 5) is 37.6. The number of nitrogens with one attached hydrogen (secondary N) is 2. The number of nitrogens with zero attached hydrogens (tertiary/aromatic N) is 1. The Hall–Kier alpha value is -2.57. The van der Waals surface area contributed by atoms with Crippen molar-refractivity contribution in [3.63, 3.8) is 0 Å². The number of piperidine rings is 1. The Morgan fingerprint density at radius 1 is 1.23 bits per heavy atom. The molecule has 140 valence electrons. The molecule has 3 amide bonds. The number of hydrogen-bond donors (Lipinski definition) is 3. The molecule has 7 nitrogen and oxygen atoms in total. The van der Waals surface area contributed by atoms with E-state index in [0.717, 1.165) is 24.1 Å². The lowest BCUT2D eigenvalue weighted by atomic mass is 9.95. The number of hydrogen-bond acceptors (Lipinski definition) is 3. The molecule has 0 aromatic heterocycles. The van der Waals surface area contributed by atoms with Crippen molar-refractivity contribution >= 4 is 23.6 Å². The molecule has 1 aliphatic carbocycles. The van der Waals surface area contributed by atoms with E-state index in [2.05, 4.69) is 10.6 Å². The average molecular weight is 359 g/mol. The van der Waals surface area contributed by atoms with Crippen LogP contribution >= 0.6 is 0 Å². The van der Waals surface area contributed by atoms with Gasteiger partial charge >= 0.3 is 12.0 Å². The molecule has 26 heavy (non-hydrogen) atoms. The lowest BCUT2D eigenvalue weighted by molar-refractivity contribution is -0.154. The molecule has 3 N–H and O–H groups in total. The summed E-state index contributed by atoms with van der Waals surface area (Å²) in [6.45, 7) is 3.54. The largest absolute Gasteiger partial charge is 0.480 e. The Kier molecular flexibility index (Phi) is 5.15. The van der Waals surface area contributed by atoms with Crippen molar-refractivity contribution in [3.05, 3.63) is 29.8 Å². The Balaban J connectivity index is 1.48. The van der Waals surface area contributed by atoms with Gasteiger partial charge in [-0.15, -0.1) is 0 Å². The van der Waals surface area contributed by atoms with Gasteiger partial charge in [0.05, 0.1) is 0 Å². The molecule has 1 atom stereocenters. The Labute approximate surface area is 152 Å². The molecular weight excluding hydrogens is 334 g/mol. The van der Waals surface area contributed by atoms with Gasteiger partial charge in [0, 0.05) is 25.3 Å². The number of benzene rings is 1. The van der Waals surface area contributed by atoms with Gasteiger partial charge in [-0.05, 0) is 50.7 Å². The van der Waals surface area contributed by atoms with Crippen molar-refractivity contribution in [3.8, 4) is 0 Å². The van der Waals surface area contributed by atoms with E-state index < -0.39 is 11.4 Å². The summed E-state index contributed by atoms with van der Waals surface area (Å²) in [5, 5.41) is 14.9. The maximum Gasteiger partial charge on any atom is 0.319 e. The predicted octanol–water partition coefficient (Wildman–Crippen LogP) is 2.22. The number of anilines is 1. The van der Waals surface area contributed by atoms with Gasteiger partial charge in [0.15, 0.2) is 0 Å². The summed E-state index contributed by atoms with van der Waals surface area (Å²) < 4.78 is 0. The normalized spacial score (nSPS) is 21.0. The van der Waals surface area contributed by atoms with Crippen LogP contribution in [0.3, 0.4) is 0 Å². The first kappa shape index (κ1) is 18.2. The topological polar surface area (TPSA) is 98.7 Å². The van der Waals surface area contributed by atoms with Crippen LogP contribution in [-0.4, -0.2) is 47.5 Å². The molecule has 0 radical (unpaired) electrons. The second-order valence-corrected chi connectivity index (χ2v) is 7.35. The predicted molar refractivity (Wildman–Crippen MR) is 96.8 cm³/mol. The number of likely N-dealkylation sites (tertiary alicyclic amines) is 1. The van der Waals surface area contributed by atoms with Crippen molar-refractivity contribution in [2.45, 2.75) is 32.6 Å². The first-order valence-electron chi connectivity index (χ1n) is 9.05. The molecule has 3 rings (SSSR count). The van der Waals surface area contributed by atoms with Crippen LogP contribution in [0.5, 0.6) is 0 Å². The fourth-order valence-electron chi connectivity index (χ4n) is 3.41. The SMILES string of the molecule is Cc1ccc(NC(=O)NCC2CCCN(C(=O)C3(C(=O)O)CC3)C2)cc1. The van der Waals surface area contributed by atoms with E-state index in [1.54, 1.807) is 4.90 Å². The molecule has 1 aromatic rings. The molecular formula is C19H25N3O4. The number of urea groups is 1. The van der Waals surface area contributed by atoms with Gasteiger partial charge < -0.3 is 20.6 Å². The van der Waals surface area contributed by atoms with Crippen molar-refractivity contribution < 1.29 is 19.5 Å². The third kappa shape index (κ3) is 3.98. The highest BCUT2D eigenvalue weighted by molar-refractivity contribution is 6.04. The van der Waals surface area contributed by atoms with Crippen LogP contribution in [0.25, 0.3) is 0 Å². The van der Waals surface area contributed by atoms with Gasteiger partial charge in [-0.3, -0.25) is 9.59 Å². The van der Waals surface area contributed by atoms with Crippen molar-refractivity contribution in [2.75, 3.05) is 25.0 Å². The fourth-order valence-corrected chi connectivity index (χ4v) is 3.41. The number of aryl methyl sites for hydroxylation is 1. The van der Waals surface area contributed by atoms with Crippen LogP contribution in [0, 0.1) is 18.3 Å². The molecule has 2 aliphatic rings. The van der Waals surface area contributed by atoms with Gasteiger partial charge in [-0.1, -0.05) is 17.7 Å². The number of rotatable bonds is 5. The zero-order valence-corrected chi connectivity index (χ0v) is 15.0. The standard InChI is InChI=1S/C19H25N3O4/c1-13-4-6-15(7-5-13)21-18(26)20-11-14-3-2-10-22(12-14)16(23)19(8-9-19)17(24)25/h4-7,14H,2-3,8-12H2,1H3,(H,24,25)(H2,20,21,26). The molecule has 0 spiro atoms. The molecule has 0 bridgehead atoms. The highest BCUT2D eigenvalue weighted by Gasteiger charge is 2.58. The van der Waals surface area contributed by atoms with Gasteiger partial charge in [0.1, 0.15) is 5.41 Å². The van der Waals surface area contributed by atoms with Gasteiger partial charge in [-0.2, -0.15) is 0 Å². The summed E-state index contributed by atoms with van der Waals surface area (Å²) >= 11 is 0. The lowest BCUT2D eigenvalue weighted by Gasteiger charge is -2.34. The van der Waals surface area contributed by atoms with Gasteiger partial charge in [-0.25, -0.2) is 4.79 Å². The minimum absolute atomic E-state index is 0.140. The molecule has 1 unspecified atom stereocenters. The Morgan fingerprint density at radius 3 is 2.54 bits per heavy atom. The number of carboxylic acids is 1. The quantitative estimate of drug-likeness (QED) is 0.702. The number of aliphatic carboxylic acids is 1. The molecule has 1 saturated carbocycles. The summed E-state index contributed by atoms with van der Waals surface area (Å²) in [5.74, 6) is -1.14. The highest BCUT2D eigenvalue weighted by Crippen LogP contribution is 2.47. The fraction of sp³-hybridized carbons (Fsp3) is 0.526. The van der Waals surface area contributed by atoms with E-state index in [1.807, 2.05) is 31.2 Å². The van der Waals surface area contributed by atoms with Crippen LogP contribution in [0.4, 0.5) is 10.5 Å². The second kappa shape index (κ2) is 7.35. The summed E-state index contributed by atoms with van der Waals surface area (Å²) in [7, 11) is 0. The van der Waals surface area contributed by atoms with Crippen LogP contribution in [-0.2, 0) is 9.59 Å². The average Bonchev–Trinajstić information content (AvgIpc) is 3.44. The van der Waals surface area contributed by atoms with E-state index in [0.29, 0.717) is 32.5 Å². The monoisotopic (exact) mass is 359 g/mol. The van der Waals surface area contributed by atoms with Crippen LogP contribution in [0.15, 0.2) is 24.3 Å². The van der Waals surface area contributed by atoms with Crippen molar-refractivity contribution in [1.29, 1.82) is 0 Å². The van der Waals surface area contributed by atoms with E-state index in [4.69, 9.17) is 0 Å². The van der Waals surface area contributed by atoms with E-state index in [9.17, 15) is 19.5 Å². The van der Waals surface area contributed by atoms with Crippen LogP contribution in [0.2, 0.25) is 0 Å². The summed E-state index contributed by atoms with van der Waals surface area (Å²) in [5.41, 5.74) is 0.668. The van der Waals surface area contributed by atoms with Gasteiger partial charge in [0.25, 0.3) is 0 Å². The summed E-state index contributed by atoms with van der Waals surface area (Å²) in [6, 6.07) is 7.27. The molecule has 2 fully saturated rings. The lowest BCUT2D eigenvalue weighted by Crippen LogP contribution is -2.48. The zero-order chi connectivity index (χ0) is 18.7. The Bertz CT molecular complexity index is 697. The maximum atomic E-state index is 12.5. The molecule has 1 aromatic carbocycles. The zero-order valence-electron chi connectivity index (χ0n) is 15.0. The molecule has 1 saturated heterocycles. The second-order valence-electron chi connectivity index (χ2n) is 7.35. The van der Waals surface area contributed by atoms with Crippen molar-refractivity contribution in [1.82, 2.24) is 10.2 Å². The first-order chi connectivity index (χ1) is 12.4. The van der Waals surface area contributed by atoms with Crippen LogP contribution < -0.4 is 10.6 Å². The number of carboxylic acid groups (broad SMARTS) is 1. The van der Waals surface area contributed by atoms with E-state index >= 15 is 0 Å². The minimum Gasteiger partial charge on any atom is -0.480 e. The summed E-state index contributed by atoms with van der Waals surface area (Å²) in [6.07, 6.45) is 2.60. The number of carbonyl (C=O) groups excluding carboxylic acids is 2. The Morgan fingerprint density at radius 2 is 1.92 bits per heavy atom. The highest BCUT2D eigenvalue weighted by atomic mass is 16.4. The number of carbonyl (C=O) groups is 3. The van der Waals surface area contributed by atoms with E-state index in [1.165, 1.54) is 0 Å². The third-order valence-corrected chi connectivity index (χ3v) is 5.24. The van der Waals surface area contributed by atoms with Crippen molar-refractivity contribution in [2.24, 2.45) is 11.3 Å². The third-order valence-electron chi connectivity index (χ3n) is 5.24. The van der Waals surface area contributed by atoms with Crippen LogP contribution in [0.1, 0.15) is 31.2 Å². The van der Waals surface area contributed by atoms with Gasteiger partial charge in [0.2, 0.25) is 5.91 Å². The van der Waals surface area contributed by atoms with E-state index in [-0.39, 0.29) is 17.9 Å². The molecule has 1 aliphatic heterocycles. The smallest absolute Gasteiger partial charge is 0.319 e. The minimum atomic E-state index is -1.18. The first-order valence-corrected chi connectivity index (χ1v) is 9.05. The maximum absolute atomic E-state index is 12.5. The molecule has 1 heterocycles. The molecule has 7 heteroatoms. The number of amides is 3.